The number of rotatable bonds is 7. The number of hydrogen-bond donors (Lipinski definition) is 0. The maximum atomic E-state index is 12.7. The van der Waals surface area contributed by atoms with Gasteiger partial charge in [-0.3, -0.25) is 0 Å². The molecule has 0 bridgehead atoms. The van der Waals surface area contributed by atoms with E-state index in [1.807, 2.05) is 0 Å². The zero-order valence-electron chi connectivity index (χ0n) is 10.1. The highest BCUT2D eigenvalue weighted by molar-refractivity contribution is 5.87. The van der Waals surface area contributed by atoms with Gasteiger partial charge in [0.25, 0.3) is 0 Å². The van der Waals surface area contributed by atoms with Crippen LogP contribution in [0.2, 0.25) is 0 Å². The van der Waals surface area contributed by atoms with Gasteiger partial charge >= 0.3 is 5.97 Å². The maximum Gasteiger partial charge on any atom is 0.357 e. The summed E-state index contributed by atoms with van der Waals surface area (Å²) in [6.45, 7) is 2.52. The fourth-order valence-corrected chi connectivity index (χ4v) is 1.47. The maximum absolute atomic E-state index is 12.7. The topological polar surface area (TPSA) is 39.2 Å². The summed E-state index contributed by atoms with van der Waals surface area (Å²) in [4.78, 5) is 14.9. The Morgan fingerprint density at radius 2 is 2.06 bits per heavy atom. The molecule has 0 atom stereocenters. The van der Waals surface area contributed by atoms with Gasteiger partial charge in [-0.15, -0.1) is 0 Å². The summed E-state index contributed by atoms with van der Waals surface area (Å²) < 4.78 is 17.7. The summed E-state index contributed by atoms with van der Waals surface area (Å²) in [5.41, 5.74) is 0.0264. The molecule has 0 aliphatic rings. The Bertz CT molecular complexity index is 355. The number of carbonyl (C=O) groups is 1. The molecule has 0 aromatic carbocycles. The average Bonchev–Trinajstić information content (AvgIpc) is 2.33. The highest BCUT2D eigenvalue weighted by atomic mass is 19.1. The van der Waals surface area contributed by atoms with E-state index in [0.29, 0.717) is 6.61 Å². The molecule has 1 rings (SSSR count). The Morgan fingerprint density at radius 3 is 2.76 bits per heavy atom. The van der Waals surface area contributed by atoms with E-state index in [-0.39, 0.29) is 5.69 Å². The lowest BCUT2D eigenvalue weighted by Crippen LogP contribution is -2.09. The van der Waals surface area contributed by atoms with Crippen molar-refractivity contribution in [1.82, 2.24) is 4.98 Å². The minimum Gasteiger partial charge on any atom is -0.461 e. The lowest BCUT2D eigenvalue weighted by molar-refractivity contribution is 0.0489. The van der Waals surface area contributed by atoms with E-state index in [4.69, 9.17) is 4.74 Å². The SMILES string of the molecule is CCCCCCCOC(=O)c1cccc(F)n1. The molecule has 1 heterocycles. The third-order valence-corrected chi connectivity index (χ3v) is 2.41. The van der Waals surface area contributed by atoms with Gasteiger partial charge in [0, 0.05) is 0 Å². The van der Waals surface area contributed by atoms with Crippen molar-refractivity contribution in [1.29, 1.82) is 0 Å². The fourth-order valence-electron chi connectivity index (χ4n) is 1.47. The Labute approximate surface area is 101 Å². The molecule has 0 radical (unpaired) electrons. The van der Waals surface area contributed by atoms with Crippen LogP contribution in [0.1, 0.15) is 49.5 Å². The number of unbranched alkanes of at least 4 members (excludes halogenated alkanes) is 4. The quantitative estimate of drug-likeness (QED) is 0.416. The molecule has 0 aliphatic carbocycles. The predicted molar refractivity (Wildman–Crippen MR) is 63.2 cm³/mol. The molecule has 94 valence electrons. The van der Waals surface area contributed by atoms with Crippen LogP contribution in [0, 0.1) is 5.95 Å². The molecular formula is C13H18FNO2. The molecule has 17 heavy (non-hydrogen) atoms. The van der Waals surface area contributed by atoms with Gasteiger partial charge in [0.1, 0.15) is 0 Å². The first-order chi connectivity index (χ1) is 8.24. The Hall–Kier alpha value is -1.45. The number of aromatic nitrogens is 1. The van der Waals surface area contributed by atoms with Gasteiger partial charge in [0.2, 0.25) is 5.95 Å². The van der Waals surface area contributed by atoms with Crippen molar-refractivity contribution in [2.24, 2.45) is 0 Å². The average molecular weight is 239 g/mol. The zero-order chi connectivity index (χ0) is 12.5. The molecule has 3 nitrogen and oxygen atoms in total. The van der Waals surface area contributed by atoms with Crippen molar-refractivity contribution < 1.29 is 13.9 Å². The first kappa shape index (κ1) is 13.6. The van der Waals surface area contributed by atoms with Crippen LogP contribution < -0.4 is 0 Å². The predicted octanol–water partition coefficient (Wildman–Crippen LogP) is 3.35. The van der Waals surface area contributed by atoms with Crippen molar-refractivity contribution in [2.75, 3.05) is 6.61 Å². The monoisotopic (exact) mass is 239 g/mol. The number of ether oxygens (including phenoxy) is 1. The number of pyridine rings is 1. The third kappa shape index (κ3) is 5.43. The van der Waals surface area contributed by atoms with Gasteiger partial charge in [0.15, 0.2) is 5.69 Å². The number of nitrogens with zero attached hydrogens (tertiary/aromatic N) is 1. The number of carbonyl (C=O) groups excluding carboxylic acids is 1. The van der Waals surface area contributed by atoms with E-state index in [1.165, 1.54) is 31.0 Å². The molecule has 4 heteroatoms. The number of hydrogen-bond acceptors (Lipinski definition) is 3. The van der Waals surface area contributed by atoms with Crippen LogP contribution in [-0.4, -0.2) is 17.6 Å². The van der Waals surface area contributed by atoms with Gasteiger partial charge in [-0.1, -0.05) is 38.7 Å². The highest BCUT2D eigenvalue weighted by Crippen LogP contribution is 2.04. The molecule has 0 unspecified atom stereocenters. The second-order valence-electron chi connectivity index (χ2n) is 3.90. The number of halogens is 1. The second kappa shape index (κ2) is 7.76. The minimum atomic E-state index is -0.664. The van der Waals surface area contributed by atoms with Crippen molar-refractivity contribution >= 4 is 5.97 Å². The van der Waals surface area contributed by atoms with Crippen LogP contribution >= 0.6 is 0 Å². The summed E-state index contributed by atoms with van der Waals surface area (Å²) in [6, 6.07) is 4.09. The fraction of sp³-hybridized carbons (Fsp3) is 0.538. The normalized spacial score (nSPS) is 10.2. The van der Waals surface area contributed by atoms with E-state index in [1.54, 1.807) is 0 Å². The summed E-state index contributed by atoms with van der Waals surface area (Å²) in [6.07, 6.45) is 5.46. The Balaban J connectivity index is 2.21. The van der Waals surface area contributed by atoms with E-state index < -0.39 is 11.9 Å². The van der Waals surface area contributed by atoms with Crippen molar-refractivity contribution in [2.45, 2.75) is 39.0 Å². The lowest BCUT2D eigenvalue weighted by atomic mass is 10.2. The minimum absolute atomic E-state index is 0.0264. The van der Waals surface area contributed by atoms with E-state index >= 15 is 0 Å². The van der Waals surface area contributed by atoms with Gasteiger partial charge in [-0.25, -0.2) is 9.78 Å². The van der Waals surface area contributed by atoms with Crippen LogP contribution in [0.5, 0.6) is 0 Å². The molecule has 0 N–H and O–H groups in total. The van der Waals surface area contributed by atoms with Gasteiger partial charge in [0.05, 0.1) is 6.61 Å². The highest BCUT2D eigenvalue weighted by Gasteiger charge is 2.08. The third-order valence-electron chi connectivity index (χ3n) is 2.41. The molecular weight excluding hydrogens is 221 g/mol. The van der Waals surface area contributed by atoms with Crippen LogP contribution in [0.3, 0.4) is 0 Å². The molecule has 0 amide bonds. The van der Waals surface area contributed by atoms with E-state index in [0.717, 1.165) is 19.3 Å². The molecule has 0 spiro atoms. The Kier molecular flexibility index (Phi) is 6.22. The largest absolute Gasteiger partial charge is 0.461 e. The molecule has 1 aromatic rings. The van der Waals surface area contributed by atoms with E-state index in [9.17, 15) is 9.18 Å². The first-order valence-electron chi connectivity index (χ1n) is 6.03. The molecule has 0 saturated heterocycles. The van der Waals surface area contributed by atoms with Crippen LogP contribution in [0.4, 0.5) is 4.39 Å². The summed E-state index contributed by atoms with van der Waals surface area (Å²) in [7, 11) is 0. The molecule has 0 saturated carbocycles. The lowest BCUT2D eigenvalue weighted by Gasteiger charge is -2.04. The zero-order valence-corrected chi connectivity index (χ0v) is 10.1. The first-order valence-corrected chi connectivity index (χ1v) is 6.03. The smallest absolute Gasteiger partial charge is 0.357 e. The van der Waals surface area contributed by atoms with Gasteiger partial charge in [-0.05, 0) is 18.6 Å². The van der Waals surface area contributed by atoms with Crippen molar-refractivity contribution in [3.63, 3.8) is 0 Å². The van der Waals surface area contributed by atoms with Crippen molar-refractivity contribution in [3.8, 4) is 0 Å². The summed E-state index contributed by atoms with van der Waals surface area (Å²) >= 11 is 0. The summed E-state index contributed by atoms with van der Waals surface area (Å²) in [5, 5.41) is 0. The number of esters is 1. The molecule has 0 aliphatic heterocycles. The molecule has 1 aromatic heterocycles. The van der Waals surface area contributed by atoms with Gasteiger partial charge in [-0.2, -0.15) is 4.39 Å². The van der Waals surface area contributed by atoms with E-state index in [2.05, 4.69) is 11.9 Å². The summed E-state index contributed by atoms with van der Waals surface area (Å²) in [5.74, 6) is -1.22. The second-order valence-corrected chi connectivity index (χ2v) is 3.90. The standard InChI is InChI=1S/C13H18FNO2/c1-2-3-4-5-6-10-17-13(16)11-8-7-9-12(14)15-11/h7-9H,2-6,10H2,1H3. The molecule has 0 fully saturated rings. The van der Waals surface area contributed by atoms with Crippen LogP contribution in [0.25, 0.3) is 0 Å². The van der Waals surface area contributed by atoms with Gasteiger partial charge < -0.3 is 4.74 Å². The Morgan fingerprint density at radius 1 is 1.29 bits per heavy atom. The van der Waals surface area contributed by atoms with Crippen molar-refractivity contribution in [3.05, 3.63) is 29.8 Å². The van der Waals surface area contributed by atoms with Crippen LogP contribution in [-0.2, 0) is 4.74 Å². The van der Waals surface area contributed by atoms with Crippen LogP contribution in [0.15, 0.2) is 18.2 Å².